The normalized spacial score (nSPS) is 9.84. The number of aryl methyl sites for hydroxylation is 2. The molecule has 7 nitrogen and oxygen atoms in total. The van der Waals surface area contributed by atoms with Crippen LogP contribution in [-0.2, 0) is 50.2 Å². The zero-order chi connectivity index (χ0) is 24.4. The van der Waals surface area contributed by atoms with Crippen LogP contribution in [0.2, 0.25) is 0 Å². The molecule has 0 aliphatic heterocycles. The maximum Gasteiger partial charge on any atom is 1.00 e. The number of hydrogen-bond acceptors (Lipinski definition) is 8. The standard InChI is InChI=1S/C8H8BrClO2S.C8H8BrO2S.Cl2OS.Na.O2/c9-8-4-2-1-3-7(8)5-6-13(10,11)12;9-8-4-2-1-3-7(8)5-6-12(10)11;1-4(2)3;;1-2/h1-4H,5-6H2;1-4H,5-6H2;;;/q;-1;;+1;. The van der Waals surface area contributed by atoms with Crippen LogP contribution in [0.4, 0.5) is 0 Å². The summed E-state index contributed by atoms with van der Waals surface area (Å²) in [5, 5.41) is 0. The van der Waals surface area contributed by atoms with E-state index in [1.807, 2.05) is 48.5 Å². The molecule has 32 heavy (non-hydrogen) atoms. The van der Waals surface area contributed by atoms with E-state index in [9.17, 15) is 16.8 Å². The van der Waals surface area contributed by atoms with Crippen molar-refractivity contribution in [3.63, 3.8) is 0 Å². The molecule has 176 valence electrons. The number of hydrogen-bond donors (Lipinski definition) is 0. The van der Waals surface area contributed by atoms with E-state index in [1.54, 1.807) is 0 Å². The zero-order valence-corrected chi connectivity index (χ0v) is 26.3. The fourth-order valence-corrected chi connectivity index (χ4v) is 3.88. The molecular formula is C16H16Br2Cl3NaO7S3. The second-order valence-corrected chi connectivity index (χ2v) is 13.3. The van der Waals surface area contributed by atoms with Crippen LogP contribution in [0.5, 0.6) is 0 Å². The van der Waals surface area contributed by atoms with Crippen molar-refractivity contribution >= 4 is 92.9 Å². The van der Waals surface area contributed by atoms with Gasteiger partial charge in [0.25, 0.3) is 0 Å². The predicted octanol–water partition coefficient (Wildman–Crippen LogP) is 2.97. The van der Waals surface area contributed by atoms with Crippen LogP contribution >= 0.6 is 63.9 Å². The number of rotatable bonds is 6. The zero-order valence-electron chi connectivity index (χ0n) is 16.4. The van der Waals surface area contributed by atoms with Crippen molar-refractivity contribution in [2.45, 2.75) is 12.8 Å². The monoisotopic (exact) mass is 702 g/mol. The predicted molar refractivity (Wildman–Crippen MR) is 136 cm³/mol. The molecule has 0 atom stereocenters. The van der Waals surface area contributed by atoms with E-state index in [0.29, 0.717) is 12.8 Å². The maximum atomic E-state index is 10.7. The van der Waals surface area contributed by atoms with Gasteiger partial charge in [0, 0.05) is 50.9 Å². The molecular weight excluding hydrogens is 690 g/mol. The summed E-state index contributed by atoms with van der Waals surface area (Å²) in [4.78, 5) is 14.0. The Balaban J connectivity index is -0.000000413. The fourth-order valence-electron chi connectivity index (χ4n) is 1.83. The van der Waals surface area contributed by atoms with Gasteiger partial charge in [-0.2, -0.15) is 0 Å². The molecule has 2 aromatic rings. The minimum Gasteiger partial charge on any atom is -0.424 e. The van der Waals surface area contributed by atoms with Gasteiger partial charge in [-0.3, -0.25) is 0 Å². The van der Waals surface area contributed by atoms with Gasteiger partial charge < -0.3 is 8.42 Å². The van der Waals surface area contributed by atoms with Crippen molar-refractivity contribution in [1.29, 1.82) is 0 Å². The molecule has 0 N–H and O–H groups in total. The summed E-state index contributed by atoms with van der Waals surface area (Å²) in [5.74, 6) is 0.153. The molecule has 0 aliphatic rings. The van der Waals surface area contributed by atoms with Crippen molar-refractivity contribution in [2.75, 3.05) is 11.5 Å². The Morgan fingerprint density at radius 2 is 1.19 bits per heavy atom. The van der Waals surface area contributed by atoms with E-state index in [2.05, 4.69) is 53.2 Å². The molecule has 0 spiro atoms. The van der Waals surface area contributed by atoms with Crippen LogP contribution in [0.1, 0.15) is 11.1 Å². The molecule has 0 saturated heterocycles. The van der Waals surface area contributed by atoms with Crippen molar-refractivity contribution < 1.29 is 50.6 Å². The molecule has 0 saturated carbocycles. The Morgan fingerprint density at radius 1 is 0.844 bits per heavy atom. The van der Waals surface area contributed by atoms with Gasteiger partial charge >= 0.3 is 29.6 Å². The first-order valence-corrected chi connectivity index (χ1v) is 15.9. The van der Waals surface area contributed by atoms with Gasteiger partial charge in [0.2, 0.25) is 18.3 Å². The van der Waals surface area contributed by atoms with Gasteiger partial charge in [-0.25, -0.2) is 12.6 Å². The third kappa shape index (κ3) is 24.1. The van der Waals surface area contributed by atoms with Gasteiger partial charge in [0.1, 0.15) is 0 Å². The molecule has 0 amide bonds. The summed E-state index contributed by atoms with van der Waals surface area (Å²) in [7, 11) is 7.12. The quantitative estimate of drug-likeness (QED) is 0.258. The number of halogens is 5. The van der Waals surface area contributed by atoms with Gasteiger partial charge in [0.15, 0.2) is 0 Å². The first-order chi connectivity index (χ1) is 14.4. The third-order valence-corrected chi connectivity index (χ3v) is 6.31. The van der Waals surface area contributed by atoms with E-state index in [4.69, 9.17) is 24.8 Å². The Hall–Kier alpha value is 0.920. The summed E-state index contributed by atoms with van der Waals surface area (Å²) >= 11 is 6.67. The molecule has 0 unspecified atom stereocenters. The molecule has 0 aromatic heterocycles. The van der Waals surface area contributed by atoms with Crippen molar-refractivity contribution in [3.05, 3.63) is 78.5 Å². The average molecular weight is 706 g/mol. The third-order valence-electron chi connectivity index (χ3n) is 3.07. The van der Waals surface area contributed by atoms with Crippen molar-refractivity contribution in [3.8, 4) is 0 Å². The molecule has 0 aliphatic carbocycles. The SMILES string of the molecule is O=O.O=S(=O)(Cl)CCc1ccccc1Br.O=S(Cl)Cl.O=[S-](=O)CCc1ccccc1Br.[Na+]. The van der Waals surface area contributed by atoms with Crippen molar-refractivity contribution in [1.82, 2.24) is 0 Å². The van der Waals surface area contributed by atoms with E-state index < -0.39 is 29.0 Å². The summed E-state index contributed by atoms with van der Waals surface area (Å²) in [5.41, 5.74) is 1.98. The molecule has 0 heterocycles. The summed E-state index contributed by atoms with van der Waals surface area (Å²) < 4.78 is 52.8. The van der Waals surface area contributed by atoms with E-state index in [0.717, 1.165) is 20.1 Å². The van der Waals surface area contributed by atoms with Crippen LogP contribution < -0.4 is 29.6 Å². The minimum atomic E-state index is -3.39. The Bertz CT molecular complexity index is 984. The second kappa shape index (κ2) is 22.4. The Morgan fingerprint density at radius 3 is 1.50 bits per heavy atom. The summed E-state index contributed by atoms with van der Waals surface area (Å²) in [6, 6.07) is 15.1. The minimum absolute atomic E-state index is 0. The molecule has 0 radical (unpaired) electrons. The first kappa shape index (κ1) is 37.5. The topological polar surface area (TPSA) is 119 Å². The van der Waals surface area contributed by atoms with Gasteiger partial charge in [-0.1, -0.05) is 84.7 Å². The van der Waals surface area contributed by atoms with E-state index >= 15 is 0 Å². The Kier molecular flexibility index (Phi) is 26.2. The van der Waals surface area contributed by atoms with E-state index in [-0.39, 0.29) is 41.1 Å². The van der Waals surface area contributed by atoms with Crippen LogP contribution in [0, 0.1) is 9.93 Å². The summed E-state index contributed by atoms with van der Waals surface area (Å²) in [6.07, 6.45) is 1.00. The molecule has 2 rings (SSSR count). The fraction of sp³-hybridized carbons (Fsp3) is 0.250. The molecule has 2 aromatic carbocycles. The van der Waals surface area contributed by atoms with Crippen LogP contribution in [0.15, 0.2) is 57.5 Å². The smallest absolute Gasteiger partial charge is 0.424 e. The van der Waals surface area contributed by atoms with E-state index in [1.165, 1.54) is 0 Å². The van der Waals surface area contributed by atoms with Crippen LogP contribution in [0.3, 0.4) is 0 Å². The summed E-state index contributed by atoms with van der Waals surface area (Å²) in [6.45, 7) is 0. The van der Waals surface area contributed by atoms with Gasteiger partial charge in [-0.05, 0) is 36.1 Å². The first-order valence-electron chi connectivity index (χ1n) is 7.78. The molecule has 0 fully saturated rings. The molecule has 16 heteroatoms. The second-order valence-electron chi connectivity index (χ2n) is 5.12. The average Bonchev–Trinajstić information content (AvgIpc) is 2.68. The maximum absolute atomic E-state index is 10.7. The van der Waals surface area contributed by atoms with Gasteiger partial charge in [0.05, 0.1) is 5.75 Å². The number of benzene rings is 2. The largest absolute Gasteiger partial charge is 1.00 e. The van der Waals surface area contributed by atoms with Crippen LogP contribution in [0.25, 0.3) is 0 Å². The van der Waals surface area contributed by atoms with Crippen LogP contribution in [-0.4, -0.2) is 24.1 Å². The van der Waals surface area contributed by atoms with Crippen molar-refractivity contribution in [2.24, 2.45) is 0 Å². The van der Waals surface area contributed by atoms with Gasteiger partial charge in [-0.15, -0.1) is 0 Å². The molecule has 0 bridgehead atoms. The Labute approximate surface area is 243 Å².